The lowest BCUT2D eigenvalue weighted by Gasteiger charge is -1.91. The van der Waals surface area contributed by atoms with Gasteiger partial charge in [0, 0.05) is 6.54 Å². The van der Waals surface area contributed by atoms with Crippen LogP contribution in [0.5, 0.6) is 0 Å². The van der Waals surface area contributed by atoms with Crippen molar-refractivity contribution >= 4 is 0 Å². The first kappa shape index (κ1) is 4.34. The first-order valence-corrected chi connectivity index (χ1v) is 3.04. The number of piperidine rings is 1. The summed E-state index contributed by atoms with van der Waals surface area (Å²) in [5, 5.41) is 8.58. The van der Waals surface area contributed by atoms with Gasteiger partial charge in [-0.15, -0.1) is 0 Å². The fraction of sp³-hybridized carbons (Fsp3) is 0.833. The summed E-state index contributed by atoms with van der Waals surface area (Å²) in [6.45, 7) is 2.21. The van der Waals surface area contributed by atoms with Crippen LogP contribution in [0.4, 0.5) is 0 Å². The van der Waals surface area contributed by atoms with E-state index in [1.807, 2.05) is 0 Å². The van der Waals surface area contributed by atoms with Gasteiger partial charge in [-0.3, -0.25) is 4.90 Å². The summed E-state index contributed by atoms with van der Waals surface area (Å²) >= 11 is 0. The molecule has 2 fully saturated rings. The summed E-state index contributed by atoms with van der Waals surface area (Å²) in [6.07, 6.45) is 2.34. The van der Waals surface area contributed by atoms with Crippen LogP contribution in [0.2, 0.25) is 0 Å². The molecule has 0 radical (unpaired) electrons. The maximum atomic E-state index is 8.58. The summed E-state index contributed by atoms with van der Waals surface area (Å²) in [6, 6.07) is 2.34. The molecule has 42 valence electrons. The van der Waals surface area contributed by atoms with Gasteiger partial charge in [0.15, 0.2) is 0 Å². The van der Waals surface area contributed by atoms with E-state index in [4.69, 9.17) is 5.26 Å². The van der Waals surface area contributed by atoms with Crippen LogP contribution in [0.15, 0.2) is 0 Å². The minimum atomic E-state index is 0.0417. The van der Waals surface area contributed by atoms with Crippen LogP contribution < -0.4 is 0 Å². The van der Waals surface area contributed by atoms with Crippen molar-refractivity contribution in [1.29, 1.82) is 5.26 Å². The minimum Gasteiger partial charge on any atom is -0.282 e. The molecule has 2 heterocycles. The molecular formula is C6H8N2. The second kappa shape index (κ2) is 1.06. The van der Waals surface area contributed by atoms with E-state index < -0.39 is 0 Å². The van der Waals surface area contributed by atoms with Gasteiger partial charge in [-0.25, -0.2) is 0 Å². The summed E-state index contributed by atoms with van der Waals surface area (Å²) in [5.74, 6) is 0. The maximum absolute atomic E-state index is 8.58. The lowest BCUT2D eigenvalue weighted by atomic mass is 10.1. The predicted octanol–water partition coefficient (Wildman–Crippen LogP) is 0.358. The Kier molecular flexibility index (Phi) is 0.575. The molecule has 2 saturated heterocycles. The van der Waals surface area contributed by atoms with Gasteiger partial charge in [-0.05, 0) is 19.4 Å². The second-order valence-corrected chi connectivity index (χ2v) is 2.67. The first-order valence-electron chi connectivity index (χ1n) is 3.04. The molecule has 0 aromatic rings. The Morgan fingerprint density at radius 3 is 2.75 bits per heavy atom. The SMILES string of the molecule is N#C[C@]12CCCN1C2. The Balaban J connectivity index is 2.22. The zero-order chi connectivity index (χ0) is 5.61. The molecule has 2 heteroatoms. The summed E-state index contributed by atoms with van der Waals surface area (Å²) < 4.78 is 0. The third-order valence-corrected chi connectivity index (χ3v) is 2.18. The van der Waals surface area contributed by atoms with Crippen molar-refractivity contribution in [3.05, 3.63) is 0 Å². The van der Waals surface area contributed by atoms with E-state index >= 15 is 0 Å². The molecule has 0 amide bonds. The molecule has 0 spiro atoms. The standard InChI is InChI=1S/C6H8N2/c7-4-6-2-1-3-8(6)5-6/h1-3,5H2/t6-,8?/m0/s1. The molecule has 2 atom stereocenters. The van der Waals surface area contributed by atoms with Crippen molar-refractivity contribution < 1.29 is 0 Å². The number of fused-ring (bicyclic) bond motifs is 1. The molecule has 0 aromatic heterocycles. The van der Waals surface area contributed by atoms with E-state index in [0.717, 1.165) is 19.5 Å². The van der Waals surface area contributed by atoms with E-state index in [2.05, 4.69) is 11.0 Å². The fourth-order valence-corrected chi connectivity index (χ4v) is 1.53. The van der Waals surface area contributed by atoms with Gasteiger partial charge in [0.25, 0.3) is 0 Å². The van der Waals surface area contributed by atoms with Gasteiger partial charge in [-0.2, -0.15) is 5.26 Å². The lowest BCUT2D eigenvalue weighted by Crippen LogP contribution is -2.06. The lowest BCUT2D eigenvalue weighted by molar-refractivity contribution is 0.561. The number of nitrogens with zero attached hydrogens (tertiary/aromatic N) is 2. The van der Waals surface area contributed by atoms with Gasteiger partial charge in [0.05, 0.1) is 6.07 Å². The monoisotopic (exact) mass is 108 g/mol. The third kappa shape index (κ3) is 0.317. The van der Waals surface area contributed by atoms with Crippen LogP contribution in [-0.2, 0) is 0 Å². The highest BCUT2D eigenvalue weighted by Gasteiger charge is 2.55. The summed E-state index contributed by atoms with van der Waals surface area (Å²) in [5.41, 5.74) is 0.0417. The molecule has 2 aliphatic rings. The fourth-order valence-electron chi connectivity index (χ4n) is 1.53. The maximum Gasteiger partial charge on any atom is 0.122 e. The molecule has 8 heavy (non-hydrogen) atoms. The van der Waals surface area contributed by atoms with E-state index in [0.29, 0.717) is 0 Å². The average Bonchev–Trinajstić information content (AvgIpc) is 2.38. The van der Waals surface area contributed by atoms with Crippen molar-refractivity contribution in [2.75, 3.05) is 13.1 Å². The molecule has 0 bridgehead atoms. The summed E-state index contributed by atoms with van der Waals surface area (Å²) in [4.78, 5) is 2.24. The minimum absolute atomic E-state index is 0.0417. The molecule has 0 aromatic carbocycles. The predicted molar refractivity (Wildman–Crippen MR) is 29.2 cm³/mol. The Morgan fingerprint density at radius 2 is 2.50 bits per heavy atom. The largest absolute Gasteiger partial charge is 0.282 e. The highest BCUT2D eigenvalue weighted by molar-refractivity contribution is 5.24. The molecule has 0 N–H and O–H groups in total. The second-order valence-electron chi connectivity index (χ2n) is 2.67. The van der Waals surface area contributed by atoms with Crippen LogP contribution in [0.25, 0.3) is 0 Å². The molecular weight excluding hydrogens is 100 g/mol. The van der Waals surface area contributed by atoms with Crippen molar-refractivity contribution in [3.8, 4) is 6.07 Å². The normalized spacial score (nSPS) is 50.1. The molecule has 2 rings (SSSR count). The molecule has 2 aliphatic heterocycles. The van der Waals surface area contributed by atoms with Crippen molar-refractivity contribution in [2.24, 2.45) is 0 Å². The molecule has 0 aliphatic carbocycles. The quantitative estimate of drug-likeness (QED) is 0.419. The van der Waals surface area contributed by atoms with Crippen molar-refractivity contribution in [2.45, 2.75) is 18.4 Å². The molecule has 1 unspecified atom stereocenters. The van der Waals surface area contributed by atoms with Crippen molar-refractivity contribution in [3.63, 3.8) is 0 Å². The highest BCUT2D eigenvalue weighted by Crippen LogP contribution is 2.41. The third-order valence-electron chi connectivity index (χ3n) is 2.18. The average molecular weight is 108 g/mol. The topological polar surface area (TPSA) is 26.8 Å². The van der Waals surface area contributed by atoms with Crippen LogP contribution in [0.1, 0.15) is 12.8 Å². The van der Waals surface area contributed by atoms with E-state index in [-0.39, 0.29) is 5.54 Å². The Labute approximate surface area is 48.7 Å². The Hall–Kier alpha value is -0.550. The van der Waals surface area contributed by atoms with Crippen LogP contribution >= 0.6 is 0 Å². The van der Waals surface area contributed by atoms with Gasteiger partial charge in [0.1, 0.15) is 5.54 Å². The van der Waals surface area contributed by atoms with E-state index in [1.165, 1.54) is 6.42 Å². The van der Waals surface area contributed by atoms with Gasteiger partial charge < -0.3 is 0 Å². The highest BCUT2D eigenvalue weighted by atomic mass is 15.4. The summed E-state index contributed by atoms with van der Waals surface area (Å²) in [7, 11) is 0. The number of hydrogen-bond donors (Lipinski definition) is 0. The number of hydrogen-bond acceptors (Lipinski definition) is 2. The van der Waals surface area contributed by atoms with Crippen LogP contribution in [0.3, 0.4) is 0 Å². The van der Waals surface area contributed by atoms with E-state index in [1.54, 1.807) is 0 Å². The Morgan fingerprint density at radius 1 is 1.62 bits per heavy atom. The Bertz CT molecular complexity index is 158. The zero-order valence-electron chi connectivity index (χ0n) is 4.72. The van der Waals surface area contributed by atoms with Gasteiger partial charge >= 0.3 is 0 Å². The zero-order valence-corrected chi connectivity index (χ0v) is 4.72. The molecule has 0 saturated carbocycles. The number of rotatable bonds is 0. The van der Waals surface area contributed by atoms with Gasteiger partial charge in [-0.1, -0.05) is 0 Å². The smallest absolute Gasteiger partial charge is 0.122 e. The first-order chi connectivity index (χ1) is 3.87. The number of nitriles is 1. The van der Waals surface area contributed by atoms with Crippen LogP contribution in [0, 0.1) is 11.3 Å². The van der Waals surface area contributed by atoms with Crippen LogP contribution in [-0.4, -0.2) is 23.5 Å². The van der Waals surface area contributed by atoms with Gasteiger partial charge in [0.2, 0.25) is 0 Å². The van der Waals surface area contributed by atoms with E-state index in [9.17, 15) is 0 Å². The van der Waals surface area contributed by atoms with Crippen molar-refractivity contribution in [1.82, 2.24) is 4.90 Å². The molecule has 2 nitrogen and oxygen atoms in total.